The normalized spacial score (nSPS) is 14.1. The molecule has 2 atom stereocenters. The third-order valence-electron chi connectivity index (χ3n) is 2.81. The minimum absolute atomic E-state index is 0.159. The standard InChI is InChI=1S/C13H20N2O2/c1-9(13(14)16)8-15-10(2)11-5-4-6-12(7-11)17-3/h4-7,9-10,15H,8H2,1-3H3,(H2,14,16)/t9?,10-/m1/s1. The third-order valence-corrected chi connectivity index (χ3v) is 2.81. The quantitative estimate of drug-likeness (QED) is 0.786. The fourth-order valence-corrected chi connectivity index (χ4v) is 1.48. The van der Waals surface area contributed by atoms with Crippen LogP contribution in [0.2, 0.25) is 0 Å². The van der Waals surface area contributed by atoms with E-state index in [0.717, 1.165) is 11.3 Å². The number of carbonyl (C=O) groups is 1. The van der Waals surface area contributed by atoms with E-state index in [9.17, 15) is 4.79 Å². The Bertz CT molecular complexity index is 379. The smallest absolute Gasteiger partial charge is 0.221 e. The number of carbonyl (C=O) groups excluding carboxylic acids is 1. The lowest BCUT2D eigenvalue weighted by Crippen LogP contribution is -2.32. The molecule has 0 aliphatic heterocycles. The van der Waals surface area contributed by atoms with E-state index in [2.05, 4.69) is 5.32 Å². The summed E-state index contributed by atoms with van der Waals surface area (Å²) < 4.78 is 5.17. The van der Waals surface area contributed by atoms with E-state index >= 15 is 0 Å². The van der Waals surface area contributed by atoms with Gasteiger partial charge in [0.1, 0.15) is 5.75 Å². The molecule has 3 N–H and O–H groups in total. The Morgan fingerprint density at radius 1 is 1.47 bits per heavy atom. The van der Waals surface area contributed by atoms with Gasteiger partial charge in [0.05, 0.1) is 7.11 Å². The number of nitrogens with two attached hydrogens (primary N) is 1. The van der Waals surface area contributed by atoms with Gasteiger partial charge in [0, 0.05) is 18.5 Å². The molecule has 1 rings (SSSR count). The summed E-state index contributed by atoms with van der Waals surface area (Å²) in [7, 11) is 1.65. The van der Waals surface area contributed by atoms with Crippen LogP contribution in [0, 0.1) is 5.92 Å². The van der Waals surface area contributed by atoms with Crippen molar-refractivity contribution in [3.63, 3.8) is 0 Å². The van der Waals surface area contributed by atoms with E-state index in [4.69, 9.17) is 10.5 Å². The van der Waals surface area contributed by atoms with Crippen molar-refractivity contribution in [1.29, 1.82) is 0 Å². The van der Waals surface area contributed by atoms with E-state index in [1.807, 2.05) is 38.1 Å². The van der Waals surface area contributed by atoms with E-state index in [0.29, 0.717) is 6.54 Å². The number of ether oxygens (including phenoxy) is 1. The molecule has 4 heteroatoms. The first-order valence-electron chi connectivity index (χ1n) is 5.71. The number of hydrogen-bond acceptors (Lipinski definition) is 3. The zero-order valence-electron chi connectivity index (χ0n) is 10.6. The average molecular weight is 236 g/mol. The fourth-order valence-electron chi connectivity index (χ4n) is 1.48. The van der Waals surface area contributed by atoms with Gasteiger partial charge in [0.25, 0.3) is 0 Å². The zero-order valence-corrected chi connectivity index (χ0v) is 10.6. The molecule has 0 bridgehead atoms. The second-order valence-corrected chi connectivity index (χ2v) is 4.21. The van der Waals surface area contributed by atoms with E-state index in [-0.39, 0.29) is 17.9 Å². The number of nitrogens with one attached hydrogen (secondary N) is 1. The van der Waals surface area contributed by atoms with Crippen LogP contribution in [0.1, 0.15) is 25.5 Å². The summed E-state index contributed by atoms with van der Waals surface area (Å²) in [4.78, 5) is 10.9. The summed E-state index contributed by atoms with van der Waals surface area (Å²) in [5.74, 6) is 0.387. The molecule has 1 aromatic rings. The lowest BCUT2D eigenvalue weighted by molar-refractivity contribution is -0.121. The maximum atomic E-state index is 10.9. The van der Waals surface area contributed by atoms with E-state index < -0.39 is 0 Å². The second-order valence-electron chi connectivity index (χ2n) is 4.21. The summed E-state index contributed by atoms with van der Waals surface area (Å²) in [5.41, 5.74) is 6.33. The molecule has 0 saturated carbocycles. The molecule has 0 spiro atoms. The monoisotopic (exact) mass is 236 g/mol. The summed E-state index contributed by atoms with van der Waals surface area (Å²) in [5, 5.41) is 3.27. The highest BCUT2D eigenvalue weighted by molar-refractivity contribution is 5.76. The Labute approximate surface area is 102 Å². The Balaban J connectivity index is 2.57. The summed E-state index contributed by atoms with van der Waals surface area (Å²) in [6, 6.07) is 8.01. The molecule has 0 heterocycles. The second kappa shape index (κ2) is 6.25. The van der Waals surface area contributed by atoms with Crippen molar-refractivity contribution in [1.82, 2.24) is 5.32 Å². The van der Waals surface area contributed by atoms with Crippen molar-refractivity contribution in [3.8, 4) is 5.75 Å². The number of hydrogen-bond donors (Lipinski definition) is 2. The Kier molecular flexibility index (Phi) is 4.97. The van der Waals surface area contributed by atoms with Crippen LogP contribution in [0.25, 0.3) is 0 Å². The van der Waals surface area contributed by atoms with E-state index in [1.165, 1.54) is 0 Å². The molecule has 0 radical (unpaired) electrons. The van der Waals surface area contributed by atoms with Gasteiger partial charge in [-0.2, -0.15) is 0 Å². The van der Waals surface area contributed by atoms with Crippen LogP contribution in [0.4, 0.5) is 0 Å². The lowest BCUT2D eigenvalue weighted by Gasteiger charge is -2.17. The maximum Gasteiger partial charge on any atom is 0.221 e. The predicted octanol–water partition coefficient (Wildman–Crippen LogP) is 1.47. The highest BCUT2D eigenvalue weighted by atomic mass is 16.5. The summed E-state index contributed by atoms with van der Waals surface area (Å²) in [6.45, 7) is 4.43. The fraction of sp³-hybridized carbons (Fsp3) is 0.462. The molecule has 0 fully saturated rings. The molecular formula is C13H20N2O2. The number of primary amides is 1. The topological polar surface area (TPSA) is 64.3 Å². The van der Waals surface area contributed by atoms with Gasteiger partial charge in [0.15, 0.2) is 0 Å². The van der Waals surface area contributed by atoms with Crippen LogP contribution in [0.3, 0.4) is 0 Å². The zero-order chi connectivity index (χ0) is 12.8. The molecule has 0 aliphatic rings. The Hall–Kier alpha value is -1.55. The van der Waals surface area contributed by atoms with Crippen molar-refractivity contribution in [2.75, 3.05) is 13.7 Å². The largest absolute Gasteiger partial charge is 0.497 e. The number of amides is 1. The molecule has 1 unspecified atom stereocenters. The van der Waals surface area contributed by atoms with Gasteiger partial charge in [-0.15, -0.1) is 0 Å². The molecule has 4 nitrogen and oxygen atoms in total. The SMILES string of the molecule is COc1cccc([C@@H](C)NCC(C)C(N)=O)c1. The molecular weight excluding hydrogens is 216 g/mol. The van der Waals surface area contributed by atoms with Crippen LogP contribution >= 0.6 is 0 Å². The van der Waals surface area contributed by atoms with Gasteiger partial charge in [0.2, 0.25) is 5.91 Å². The van der Waals surface area contributed by atoms with Crippen LogP contribution < -0.4 is 15.8 Å². The first kappa shape index (κ1) is 13.5. The number of benzene rings is 1. The van der Waals surface area contributed by atoms with Gasteiger partial charge in [-0.05, 0) is 24.6 Å². The van der Waals surface area contributed by atoms with Crippen molar-refractivity contribution >= 4 is 5.91 Å². The number of methoxy groups -OCH3 is 1. The molecule has 0 aliphatic carbocycles. The van der Waals surface area contributed by atoms with Crippen molar-refractivity contribution in [2.24, 2.45) is 11.7 Å². The Morgan fingerprint density at radius 3 is 2.76 bits per heavy atom. The van der Waals surface area contributed by atoms with Gasteiger partial charge in [-0.25, -0.2) is 0 Å². The van der Waals surface area contributed by atoms with Crippen molar-refractivity contribution < 1.29 is 9.53 Å². The molecule has 94 valence electrons. The number of rotatable bonds is 6. The third kappa shape index (κ3) is 4.07. The first-order valence-corrected chi connectivity index (χ1v) is 5.71. The minimum Gasteiger partial charge on any atom is -0.497 e. The molecule has 17 heavy (non-hydrogen) atoms. The molecule has 0 aromatic heterocycles. The maximum absolute atomic E-state index is 10.9. The average Bonchev–Trinajstić information content (AvgIpc) is 2.35. The summed E-state index contributed by atoms with van der Waals surface area (Å²) >= 11 is 0. The van der Waals surface area contributed by atoms with Crippen LogP contribution in [0.15, 0.2) is 24.3 Å². The van der Waals surface area contributed by atoms with Crippen molar-refractivity contribution in [3.05, 3.63) is 29.8 Å². The van der Waals surface area contributed by atoms with Crippen LogP contribution in [-0.4, -0.2) is 19.6 Å². The molecule has 1 aromatic carbocycles. The molecule has 1 amide bonds. The van der Waals surface area contributed by atoms with Crippen LogP contribution in [0.5, 0.6) is 5.75 Å². The summed E-state index contributed by atoms with van der Waals surface area (Å²) in [6.07, 6.45) is 0. The van der Waals surface area contributed by atoms with E-state index in [1.54, 1.807) is 7.11 Å². The van der Waals surface area contributed by atoms with Gasteiger partial charge < -0.3 is 15.8 Å². The highest BCUT2D eigenvalue weighted by Crippen LogP contribution is 2.18. The minimum atomic E-state index is -0.282. The molecule has 0 saturated heterocycles. The lowest BCUT2D eigenvalue weighted by atomic mass is 10.1. The highest BCUT2D eigenvalue weighted by Gasteiger charge is 2.11. The van der Waals surface area contributed by atoms with Gasteiger partial charge >= 0.3 is 0 Å². The Morgan fingerprint density at radius 2 is 2.18 bits per heavy atom. The predicted molar refractivity (Wildman–Crippen MR) is 67.8 cm³/mol. The van der Waals surface area contributed by atoms with Crippen LogP contribution in [-0.2, 0) is 4.79 Å². The first-order chi connectivity index (χ1) is 8.04. The van der Waals surface area contributed by atoms with Gasteiger partial charge in [-0.1, -0.05) is 19.1 Å². The van der Waals surface area contributed by atoms with Crippen molar-refractivity contribution in [2.45, 2.75) is 19.9 Å². The van der Waals surface area contributed by atoms with Gasteiger partial charge in [-0.3, -0.25) is 4.79 Å².